The predicted molar refractivity (Wildman–Crippen MR) is 80.7 cm³/mol. The van der Waals surface area contributed by atoms with Crippen LogP contribution in [0, 0.1) is 5.92 Å². The molecule has 19 heavy (non-hydrogen) atoms. The Morgan fingerprint density at radius 3 is 2.63 bits per heavy atom. The van der Waals surface area contributed by atoms with Crippen LogP contribution in [0.4, 0.5) is 0 Å². The molecule has 0 amide bonds. The summed E-state index contributed by atoms with van der Waals surface area (Å²) in [5.74, 6) is 2.19. The second kappa shape index (κ2) is 6.42. The van der Waals surface area contributed by atoms with Crippen molar-refractivity contribution in [2.45, 2.75) is 57.9 Å². The first kappa shape index (κ1) is 14.4. The number of benzene rings is 1. The van der Waals surface area contributed by atoms with E-state index in [-0.39, 0.29) is 0 Å². The molecule has 1 aliphatic rings. The van der Waals surface area contributed by atoms with E-state index in [1.165, 1.54) is 36.8 Å². The maximum absolute atomic E-state index is 6.28. The minimum atomic E-state index is 0.362. The topological polar surface area (TPSA) is 35.2 Å². The minimum Gasteiger partial charge on any atom is -0.496 e. The van der Waals surface area contributed by atoms with Gasteiger partial charge in [-0.25, -0.2) is 0 Å². The summed E-state index contributed by atoms with van der Waals surface area (Å²) in [5, 5.41) is 0. The second-order valence-corrected chi connectivity index (χ2v) is 6.14. The van der Waals surface area contributed by atoms with E-state index in [0.29, 0.717) is 17.9 Å². The van der Waals surface area contributed by atoms with Crippen molar-refractivity contribution in [1.82, 2.24) is 0 Å². The Hall–Kier alpha value is -1.02. The Bertz CT molecular complexity index is 414. The molecular formula is C17H27NO. The SMILES string of the molecule is COc1ccc(C(C)C)cc1CC1CCCCC1N. The van der Waals surface area contributed by atoms with Crippen molar-refractivity contribution in [3.05, 3.63) is 29.3 Å². The van der Waals surface area contributed by atoms with Crippen LogP contribution in [0.2, 0.25) is 0 Å². The number of methoxy groups -OCH3 is 1. The van der Waals surface area contributed by atoms with E-state index in [4.69, 9.17) is 10.5 Å². The number of hydrogen-bond acceptors (Lipinski definition) is 2. The van der Waals surface area contributed by atoms with Gasteiger partial charge in [0.2, 0.25) is 0 Å². The average molecular weight is 261 g/mol. The number of ether oxygens (including phenoxy) is 1. The third-order valence-electron chi connectivity index (χ3n) is 4.42. The van der Waals surface area contributed by atoms with Crippen LogP contribution >= 0.6 is 0 Å². The van der Waals surface area contributed by atoms with Gasteiger partial charge >= 0.3 is 0 Å². The van der Waals surface area contributed by atoms with Gasteiger partial charge in [0.05, 0.1) is 7.11 Å². The highest BCUT2D eigenvalue weighted by molar-refractivity contribution is 5.38. The summed E-state index contributed by atoms with van der Waals surface area (Å²) in [4.78, 5) is 0. The lowest BCUT2D eigenvalue weighted by atomic mass is 9.80. The number of nitrogens with two attached hydrogens (primary N) is 1. The quantitative estimate of drug-likeness (QED) is 0.892. The molecule has 0 bridgehead atoms. The highest BCUT2D eigenvalue weighted by Gasteiger charge is 2.23. The molecule has 1 saturated carbocycles. The van der Waals surface area contributed by atoms with Crippen LogP contribution in [0.1, 0.15) is 56.6 Å². The van der Waals surface area contributed by atoms with Gasteiger partial charge in [-0.2, -0.15) is 0 Å². The zero-order chi connectivity index (χ0) is 13.8. The average Bonchev–Trinajstić information content (AvgIpc) is 2.41. The smallest absolute Gasteiger partial charge is 0.122 e. The van der Waals surface area contributed by atoms with Gasteiger partial charge < -0.3 is 10.5 Å². The summed E-state index contributed by atoms with van der Waals surface area (Å²) >= 11 is 0. The maximum Gasteiger partial charge on any atom is 0.122 e. The Morgan fingerprint density at radius 1 is 1.26 bits per heavy atom. The van der Waals surface area contributed by atoms with E-state index in [0.717, 1.165) is 12.2 Å². The summed E-state index contributed by atoms with van der Waals surface area (Å²) in [6.45, 7) is 4.47. The molecule has 106 valence electrons. The van der Waals surface area contributed by atoms with E-state index in [1.54, 1.807) is 7.11 Å². The van der Waals surface area contributed by atoms with E-state index < -0.39 is 0 Å². The number of hydrogen-bond donors (Lipinski definition) is 1. The fraction of sp³-hybridized carbons (Fsp3) is 0.647. The summed E-state index contributed by atoms with van der Waals surface area (Å²) in [5.41, 5.74) is 8.99. The largest absolute Gasteiger partial charge is 0.496 e. The molecule has 0 aliphatic heterocycles. The maximum atomic E-state index is 6.28. The first-order valence-corrected chi connectivity index (χ1v) is 7.54. The molecule has 2 atom stereocenters. The van der Waals surface area contributed by atoms with Gasteiger partial charge in [-0.1, -0.05) is 38.8 Å². The summed E-state index contributed by atoms with van der Waals surface area (Å²) in [6.07, 6.45) is 6.11. The molecule has 2 nitrogen and oxygen atoms in total. The van der Waals surface area contributed by atoms with Crippen molar-refractivity contribution in [2.24, 2.45) is 11.7 Å². The third kappa shape index (κ3) is 3.50. The van der Waals surface area contributed by atoms with Gasteiger partial charge in [0, 0.05) is 6.04 Å². The summed E-state index contributed by atoms with van der Waals surface area (Å²) in [6, 6.07) is 6.96. The molecule has 0 radical (unpaired) electrons. The lowest BCUT2D eigenvalue weighted by Gasteiger charge is -2.29. The van der Waals surface area contributed by atoms with Crippen LogP contribution in [0.5, 0.6) is 5.75 Å². The van der Waals surface area contributed by atoms with Crippen LogP contribution in [-0.4, -0.2) is 13.2 Å². The first-order valence-electron chi connectivity index (χ1n) is 7.54. The van der Waals surface area contributed by atoms with Gasteiger partial charge in [-0.15, -0.1) is 0 Å². The van der Waals surface area contributed by atoms with E-state index in [9.17, 15) is 0 Å². The molecular weight excluding hydrogens is 234 g/mol. The molecule has 2 unspecified atom stereocenters. The Balaban J connectivity index is 2.19. The van der Waals surface area contributed by atoms with Gasteiger partial charge in [0.15, 0.2) is 0 Å². The van der Waals surface area contributed by atoms with Crippen LogP contribution in [0.15, 0.2) is 18.2 Å². The van der Waals surface area contributed by atoms with Crippen molar-refractivity contribution in [3.63, 3.8) is 0 Å². The van der Waals surface area contributed by atoms with Crippen molar-refractivity contribution in [2.75, 3.05) is 7.11 Å². The lowest BCUT2D eigenvalue weighted by Crippen LogP contribution is -2.34. The normalized spacial score (nSPS) is 23.6. The Labute approximate surface area is 117 Å². The monoisotopic (exact) mass is 261 g/mol. The molecule has 2 rings (SSSR count). The highest BCUT2D eigenvalue weighted by Crippen LogP contribution is 2.31. The molecule has 0 saturated heterocycles. The fourth-order valence-corrected chi connectivity index (χ4v) is 3.09. The van der Waals surface area contributed by atoms with Crippen LogP contribution in [0.25, 0.3) is 0 Å². The molecule has 1 fully saturated rings. The lowest BCUT2D eigenvalue weighted by molar-refractivity contribution is 0.302. The Kier molecular flexibility index (Phi) is 4.87. The van der Waals surface area contributed by atoms with Crippen molar-refractivity contribution < 1.29 is 4.74 Å². The molecule has 0 spiro atoms. The van der Waals surface area contributed by atoms with Gasteiger partial charge in [0.1, 0.15) is 5.75 Å². The standard InChI is InChI=1S/C17H27NO/c1-12(2)13-8-9-17(19-3)15(10-13)11-14-6-4-5-7-16(14)18/h8-10,12,14,16H,4-7,11,18H2,1-3H3. The van der Waals surface area contributed by atoms with E-state index in [2.05, 4.69) is 32.0 Å². The fourth-order valence-electron chi connectivity index (χ4n) is 3.09. The predicted octanol–water partition coefficient (Wildman–Crippen LogP) is 3.88. The van der Waals surface area contributed by atoms with Crippen molar-refractivity contribution in [1.29, 1.82) is 0 Å². The van der Waals surface area contributed by atoms with E-state index >= 15 is 0 Å². The zero-order valence-corrected chi connectivity index (χ0v) is 12.5. The third-order valence-corrected chi connectivity index (χ3v) is 4.42. The molecule has 1 aliphatic carbocycles. The van der Waals surface area contributed by atoms with Crippen LogP contribution < -0.4 is 10.5 Å². The number of rotatable bonds is 4. The molecule has 2 N–H and O–H groups in total. The van der Waals surface area contributed by atoms with E-state index in [1.807, 2.05) is 0 Å². The summed E-state index contributed by atoms with van der Waals surface area (Å²) < 4.78 is 5.52. The molecule has 1 aromatic carbocycles. The summed E-state index contributed by atoms with van der Waals surface area (Å²) in [7, 11) is 1.76. The molecule has 1 aromatic rings. The zero-order valence-electron chi connectivity index (χ0n) is 12.5. The molecule has 0 aromatic heterocycles. The van der Waals surface area contributed by atoms with Gasteiger partial charge in [0.25, 0.3) is 0 Å². The van der Waals surface area contributed by atoms with Gasteiger partial charge in [-0.3, -0.25) is 0 Å². The van der Waals surface area contributed by atoms with Gasteiger partial charge in [-0.05, 0) is 48.3 Å². The second-order valence-electron chi connectivity index (χ2n) is 6.14. The highest BCUT2D eigenvalue weighted by atomic mass is 16.5. The minimum absolute atomic E-state index is 0.362. The Morgan fingerprint density at radius 2 is 2.00 bits per heavy atom. The van der Waals surface area contributed by atoms with Crippen LogP contribution in [-0.2, 0) is 6.42 Å². The van der Waals surface area contributed by atoms with Crippen LogP contribution in [0.3, 0.4) is 0 Å². The van der Waals surface area contributed by atoms with Crippen molar-refractivity contribution >= 4 is 0 Å². The molecule has 0 heterocycles. The van der Waals surface area contributed by atoms with Crippen molar-refractivity contribution in [3.8, 4) is 5.75 Å². The molecule has 2 heteroatoms. The first-order chi connectivity index (χ1) is 9.11.